The van der Waals surface area contributed by atoms with Crippen LogP contribution >= 0.6 is 0 Å². The minimum absolute atomic E-state index is 0.538. The summed E-state index contributed by atoms with van der Waals surface area (Å²) in [7, 11) is 4.47. The van der Waals surface area contributed by atoms with E-state index in [-0.39, 0.29) is 0 Å². The molecule has 1 aliphatic heterocycles. The van der Waals surface area contributed by atoms with Crippen molar-refractivity contribution in [3.8, 4) is 11.8 Å². The van der Waals surface area contributed by atoms with Crippen LogP contribution in [0, 0.1) is 11.8 Å². The molecule has 1 aliphatic rings. The van der Waals surface area contributed by atoms with Gasteiger partial charge in [-0.2, -0.15) is 0 Å². The molecule has 1 N–H and O–H groups in total. The molecule has 0 spiro atoms. The lowest BCUT2D eigenvalue weighted by Gasteiger charge is -2.39. The van der Waals surface area contributed by atoms with Gasteiger partial charge in [-0.3, -0.25) is 0 Å². The van der Waals surface area contributed by atoms with Crippen molar-refractivity contribution in [1.29, 1.82) is 0 Å². The predicted octanol–water partition coefficient (Wildman–Crippen LogP) is 1.40. The third-order valence-corrected chi connectivity index (χ3v) is 3.75. The average Bonchev–Trinajstić information content (AvgIpc) is 2.37. The summed E-state index contributed by atoms with van der Waals surface area (Å²) < 4.78 is 0. The normalized spacial score (nSPS) is 23.4. The fraction of sp³-hybridized carbons (Fsp3) is 0.867. The maximum atomic E-state index is 3.64. The number of hydrogen-bond acceptors (Lipinski definition) is 3. The summed E-state index contributed by atoms with van der Waals surface area (Å²) in [6, 6.07) is 1.20. The van der Waals surface area contributed by atoms with Gasteiger partial charge in [0.05, 0.1) is 0 Å². The summed E-state index contributed by atoms with van der Waals surface area (Å²) in [5.41, 5.74) is 0. The lowest BCUT2D eigenvalue weighted by molar-refractivity contribution is 0.101. The van der Waals surface area contributed by atoms with Crippen LogP contribution in [0.25, 0.3) is 0 Å². The molecule has 0 aromatic carbocycles. The van der Waals surface area contributed by atoms with Gasteiger partial charge in [-0.25, -0.2) is 0 Å². The van der Waals surface area contributed by atoms with Crippen molar-refractivity contribution in [1.82, 2.24) is 15.1 Å². The summed E-state index contributed by atoms with van der Waals surface area (Å²) in [5, 5.41) is 3.64. The fourth-order valence-electron chi connectivity index (χ4n) is 2.50. The van der Waals surface area contributed by atoms with E-state index in [2.05, 4.69) is 48.0 Å². The molecule has 0 saturated carbocycles. The molecule has 0 bridgehead atoms. The number of rotatable bonds is 6. The third-order valence-electron chi connectivity index (χ3n) is 3.75. The van der Waals surface area contributed by atoms with Gasteiger partial charge in [0.15, 0.2) is 0 Å². The Labute approximate surface area is 113 Å². The highest BCUT2D eigenvalue weighted by molar-refractivity contribution is 4.99. The number of likely N-dealkylation sites (N-methyl/N-ethyl adjacent to an activating group) is 2. The molecule has 1 rings (SSSR count). The van der Waals surface area contributed by atoms with Crippen LogP contribution in [-0.2, 0) is 0 Å². The van der Waals surface area contributed by atoms with Gasteiger partial charge >= 0.3 is 0 Å². The van der Waals surface area contributed by atoms with Gasteiger partial charge in [-0.05, 0) is 40.4 Å². The van der Waals surface area contributed by atoms with Gasteiger partial charge in [-0.15, -0.1) is 11.8 Å². The van der Waals surface area contributed by atoms with E-state index in [1.165, 1.54) is 32.5 Å². The molecule has 0 amide bonds. The van der Waals surface area contributed by atoms with Gasteiger partial charge < -0.3 is 15.1 Å². The first kappa shape index (κ1) is 15.5. The molecule has 0 aliphatic carbocycles. The largest absolute Gasteiger partial charge is 0.313 e. The van der Waals surface area contributed by atoms with Crippen LogP contribution in [-0.4, -0.2) is 62.2 Å². The quantitative estimate of drug-likeness (QED) is 0.720. The smallest absolute Gasteiger partial charge is 0.0243 e. The monoisotopic (exact) mass is 251 g/mol. The van der Waals surface area contributed by atoms with E-state index in [0.717, 1.165) is 13.0 Å². The predicted molar refractivity (Wildman–Crippen MR) is 78.7 cm³/mol. The van der Waals surface area contributed by atoms with Gasteiger partial charge in [0.25, 0.3) is 0 Å². The van der Waals surface area contributed by atoms with Crippen LogP contribution < -0.4 is 5.32 Å². The molecule has 0 aromatic rings. The van der Waals surface area contributed by atoms with Gasteiger partial charge in [-0.1, -0.05) is 6.92 Å². The van der Waals surface area contributed by atoms with E-state index in [9.17, 15) is 0 Å². The Hall–Kier alpha value is -0.560. The molecule has 1 fully saturated rings. The standard InChI is InChI=1S/C15H29N3/c1-5-7-8-14(16-9-6-2)12-15-13-17(3)10-11-18(15)4/h14-16H,6,8-13H2,1-4H3. The molecule has 0 radical (unpaired) electrons. The average molecular weight is 251 g/mol. The van der Waals surface area contributed by atoms with Crippen molar-refractivity contribution in [2.24, 2.45) is 0 Å². The Kier molecular flexibility index (Phi) is 7.34. The first-order chi connectivity index (χ1) is 8.67. The molecule has 104 valence electrons. The van der Waals surface area contributed by atoms with E-state index in [1.807, 2.05) is 6.92 Å². The van der Waals surface area contributed by atoms with Crippen molar-refractivity contribution >= 4 is 0 Å². The first-order valence-corrected chi connectivity index (χ1v) is 7.19. The SMILES string of the molecule is CC#CCC(CC1CN(C)CCN1C)NCCC. The van der Waals surface area contributed by atoms with Crippen molar-refractivity contribution in [2.45, 2.75) is 45.2 Å². The highest BCUT2D eigenvalue weighted by Gasteiger charge is 2.24. The molecule has 3 heteroatoms. The Morgan fingerprint density at radius 2 is 2.11 bits per heavy atom. The molecule has 1 saturated heterocycles. The van der Waals surface area contributed by atoms with Crippen molar-refractivity contribution < 1.29 is 0 Å². The van der Waals surface area contributed by atoms with E-state index < -0.39 is 0 Å². The Morgan fingerprint density at radius 3 is 2.78 bits per heavy atom. The summed E-state index contributed by atoms with van der Waals surface area (Å²) >= 11 is 0. The van der Waals surface area contributed by atoms with Crippen LogP contribution in [0.2, 0.25) is 0 Å². The minimum Gasteiger partial charge on any atom is -0.313 e. The summed E-state index contributed by atoms with van der Waals surface area (Å²) in [5.74, 6) is 6.25. The van der Waals surface area contributed by atoms with Crippen LogP contribution in [0.15, 0.2) is 0 Å². The maximum Gasteiger partial charge on any atom is 0.0243 e. The zero-order valence-corrected chi connectivity index (χ0v) is 12.5. The van der Waals surface area contributed by atoms with E-state index in [1.54, 1.807) is 0 Å². The summed E-state index contributed by atoms with van der Waals surface area (Å²) in [4.78, 5) is 4.94. The second kappa shape index (κ2) is 8.53. The second-order valence-electron chi connectivity index (χ2n) is 5.41. The van der Waals surface area contributed by atoms with Crippen LogP contribution in [0.3, 0.4) is 0 Å². The van der Waals surface area contributed by atoms with Gasteiger partial charge in [0, 0.05) is 38.1 Å². The third kappa shape index (κ3) is 5.39. The lowest BCUT2D eigenvalue weighted by Crippen LogP contribution is -2.52. The summed E-state index contributed by atoms with van der Waals surface area (Å²) in [6.07, 6.45) is 3.37. The molecule has 18 heavy (non-hydrogen) atoms. The maximum absolute atomic E-state index is 3.64. The second-order valence-corrected chi connectivity index (χ2v) is 5.41. The highest BCUT2D eigenvalue weighted by atomic mass is 15.3. The van der Waals surface area contributed by atoms with Crippen molar-refractivity contribution in [2.75, 3.05) is 40.3 Å². The summed E-state index contributed by atoms with van der Waals surface area (Å²) in [6.45, 7) is 8.80. The number of piperazine rings is 1. The Balaban J connectivity index is 2.47. The molecule has 0 aromatic heterocycles. The number of nitrogens with one attached hydrogen (secondary N) is 1. The minimum atomic E-state index is 0.538. The van der Waals surface area contributed by atoms with E-state index in [0.29, 0.717) is 12.1 Å². The topological polar surface area (TPSA) is 18.5 Å². The number of nitrogens with zero attached hydrogens (tertiary/aromatic N) is 2. The lowest BCUT2D eigenvalue weighted by atomic mass is 10.0. The molecule has 2 atom stereocenters. The van der Waals surface area contributed by atoms with E-state index in [4.69, 9.17) is 0 Å². The Bertz CT molecular complexity index is 279. The Morgan fingerprint density at radius 1 is 1.33 bits per heavy atom. The molecule has 2 unspecified atom stereocenters. The van der Waals surface area contributed by atoms with Gasteiger partial charge in [0.2, 0.25) is 0 Å². The zero-order chi connectivity index (χ0) is 13.4. The zero-order valence-electron chi connectivity index (χ0n) is 12.5. The highest BCUT2D eigenvalue weighted by Crippen LogP contribution is 2.13. The molecule has 3 nitrogen and oxygen atoms in total. The molecular weight excluding hydrogens is 222 g/mol. The van der Waals surface area contributed by atoms with Gasteiger partial charge in [0.1, 0.15) is 0 Å². The molecule has 1 heterocycles. The van der Waals surface area contributed by atoms with Crippen LogP contribution in [0.1, 0.15) is 33.1 Å². The van der Waals surface area contributed by atoms with Crippen LogP contribution in [0.5, 0.6) is 0 Å². The first-order valence-electron chi connectivity index (χ1n) is 7.19. The number of hydrogen-bond donors (Lipinski definition) is 1. The van der Waals surface area contributed by atoms with Crippen molar-refractivity contribution in [3.05, 3.63) is 0 Å². The molecular formula is C15H29N3. The van der Waals surface area contributed by atoms with E-state index >= 15 is 0 Å². The van der Waals surface area contributed by atoms with Crippen LogP contribution in [0.4, 0.5) is 0 Å². The fourth-order valence-corrected chi connectivity index (χ4v) is 2.50. The van der Waals surface area contributed by atoms with Crippen molar-refractivity contribution in [3.63, 3.8) is 0 Å².